The number of hydrogen-bond donors (Lipinski definition) is 1. The van der Waals surface area contributed by atoms with Crippen LogP contribution in [0.15, 0.2) is 51.7 Å². The number of nitro groups is 1. The number of nitrogens with one attached hydrogen (secondary N) is 1. The summed E-state index contributed by atoms with van der Waals surface area (Å²) in [4.78, 5) is 33.8. The van der Waals surface area contributed by atoms with E-state index in [1.165, 1.54) is 30.3 Å². The molecule has 0 aliphatic rings. The second-order valence-electron chi connectivity index (χ2n) is 5.68. The number of non-ortho nitro benzene ring substituents is 1. The zero-order chi connectivity index (χ0) is 18.8. The Labute approximate surface area is 147 Å². The third-order valence-corrected chi connectivity index (χ3v) is 3.80. The van der Waals surface area contributed by atoms with E-state index in [4.69, 9.17) is 9.15 Å². The molecule has 0 saturated carbocycles. The van der Waals surface area contributed by atoms with E-state index in [1.54, 1.807) is 26.0 Å². The number of ether oxygens (including phenoxy) is 1. The van der Waals surface area contributed by atoms with Crippen LogP contribution in [0.4, 0.5) is 16.2 Å². The number of carbonyl (C=O) groups excluding carboxylic acids is 1. The number of nitro benzene ring substituents is 1. The highest BCUT2D eigenvalue weighted by atomic mass is 16.6. The SMILES string of the molecule is Cc1ccc([N+](=O)[O-])cc1NC(=O)Oc1ccc2c(C)cc(=O)oc2c1. The van der Waals surface area contributed by atoms with Crippen LogP contribution in [0.1, 0.15) is 11.1 Å². The molecule has 0 aliphatic heterocycles. The average molecular weight is 354 g/mol. The van der Waals surface area contributed by atoms with Crippen LogP contribution in [0, 0.1) is 24.0 Å². The Morgan fingerprint density at radius 3 is 2.62 bits per heavy atom. The second-order valence-corrected chi connectivity index (χ2v) is 5.68. The van der Waals surface area contributed by atoms with Crippen molar-refractivity contribution in [2.45, 2.75) is 13.8 Å². The molecule has 8 heteroatoms. The van der Waals surface area contributed by atoms with Crippen molar-refractivity contribution in [3.63, 3.8) is 0 Å². The first kappa shape index (κ1) is 17.2. The largest absolute Gasteiger partial charge is 0.423 e. The summed E-state index contributed by atoms with van der Waals surface area (Å²) in [5.74, 6) is 0.173. The Morgan fingerprint density at radius 1 is 1.12 bits per heavy atom. The lowest BCUT2D eigenvalue weighted by atomic mass is 10.1. The Morgan fingerprint density at radius 2 is 1.88 bits per heavy atom. The maximum Gasteiger partial charge on any atom is 0.417 e. The van der Waals surface area contributed by atoms with Crippen molar-refractivity contribution in [1.29, 1.82) is 0 Å². The van der Waals surface area contributed by atoms with E-state index in [9.17, 15) is 19.7 Å². The van der Waals surface area contributed by atoms with Gasteiger partial charge in [-0.05, 0) is 37.1 Å². The van der Waals surface area contributed by atoms with Gasteiger partial charge < -0.3 is 9.15 Å². The van der Waals surface area contributed by atoms with Crippen LogP contribution in [-0.2, 0) is 0 Å². The highest BCUT2D eigenvalue weighted by Gasteiger charge is 2.13. The summed E-state index contributed by atoms with van der Waals surface area (Å²) >= 11 is 0. The van der Waals surface area contributed by atoms with Gasteiger partial charge in [0.15, 0.2) is 0 Å². The van der Waals surface area contributed by atoms with Gasteiger partial charge in [-0.1, -0.05) is 6.07 Å². The predicted octanol–water partition coefficient (Wildman–Crippen LogP) is 3.93. The van der Waals surface area contributed by atoms with E-state index in [0.717, 1.165) is 10.9 Å². The molecule has 2 aromatic carbocycles. The first-order valence-electron chi connectivity index (χ1n) is 7.62. The molecule has 8 nitrogen and oxygen atoms in total. The van der Waals surface area contributed by atoms with Crippen molar-refractivity contribution in [3.8, 4) is 5.75 Å². The van der Waals surface area contributed by atoms with Crippen LogP contribution in [0.5, 0.6) is 5.75 Å². The topological polar surface area (TPSA) is 112 Å². The van der Waals surface area contributed by atoms with Gasteiger partial charge in [0.05, 0.1) is 10.6 Å². The standard InChI is InChI=1S/C18H14N2O6/c1-10-3-4-12(20(23)24)8-15(10)19-18(22)25-13-5-6-14-11(2)7-17(21)26-16(14)9-13/h3-9H,1-2H3,(H,19,22). The van der Waals surface area contributed by atoms with Gasteiger partial charge in [-0.25, -0.2) is 9.59 Å². The van der Waals surface area contributed by atoms with E-state index >= 15 is 0 Å². The van der Waals surface area contributed by atoms with Gasteiger partial charge in [0.25, 0.3) is 5.69 Å². The number of amides is 1. The molecule has 26 heavy (non-hydrogen) atoms. The van der Waals surface area contributed by atoms with Crippen LogP contribution in [0.25, 0.3) is 11.0 Å². The first-order valence-corrected chi connectivity index (χ1v) is 7.62. The van der Waals surface area contributed by atoms with Crippen molar-refractivity contribution in [1.82, 2.24) is 0 Å². The molecule has 0 unspecified atom stereocenters. The third-order valence-electron chi connectivity index (χ3n) is 3.80. The zero-order valence-electron chi connectivity index (χ0n) is 13.9. The number of hydrogen-bond acceptors (Lipinski definition) is 6. The summed E-state index contributed by atoms with van der Waals surface area (Å²) in [5.41, 5.74) is 1.32. The third kappa shape index (κ3) is 3.54. The smallest absolute Gasteiger partial charge is 0.417 e. The van der Waals surface area contributed by atoms with Gasteiger partial charge in [-0.3, -0.25) is 15.4 Å². The van der Waals surface area contributed by atoms with E-state index in [0.29, 0.717) is 11.1 Å². The molecular formula is C18H14N2O6. The lowest BCUT2D eigenvalue weighted by molar-refractivity contribution is -0.384. The summed E-state index contributed by atoms with van der Waals surface area (Å²) in [6.07, 6.45) is -0.817. The molecular weight excluding hydrogens is 340 g/mol. The summed E-state index contributed by atoms with van der Waals surface area (Å²) < 4.78 is 10.3. The maximum absolute atomic E-state index is 12.1. The van der Waals surface area contributed by atoms with Crippen molar-refractivity contribution in [2.24, 2.45) is 0 Å². The average Bonchev–Trinajstić information content (AvgIpc) is 2.56. The molecule has 132 valence electrons. The molecule has 1 amide bonds. The number of benzene rings is 2. The molecule has 0 aliphatic carbocycles. The Balaban J connectivity index is 1.82. The molecule has 0 radical (unpaired) electrons. The summed E-state index contributed by atoms with van der Waals surface area (Å²) in [7, 11) is 0. The van der Waals surface area contributed by atoms with Gasteiger partial charge in [0.2, 0.25) is 0 Å². The van der Waals surface area contributed by atoms with Crippen molar-refractivity contribution >= 4 is 28.4 Å². The summed E-state index contributed by atoms with van der Waals surface area (Å²) in [6.45, 7) is 3.48. The lowest BCUT2D eigenvalue weighted by Gasteiger charge is -2.09. The lowest BCUT2D eigenvalue weighted by Crippen LogP contribution is -2.17. The van der Waals surface area contributed by atoms with Gasteiger partial charge >= 0.3 is 11.7 Å². The quantitative estimate of drug-likeness (QED) is 0.433. The fourth-order valence-corrected chi connectivity index (χ4v) is 2.47. The van der Waals surface area contributed by atoms with E-state index < -0.39 is 16.6 Å². The highest BCUT2D eigenvalue weighted by molar-refractivity contribution is 5.89. The second kappa shape index (κ2) is 6.67. The molecule has 1 aromatic heterocycles. The fourth-order valence-electron chi connectivity index (χ4n) is 2.47. The minimum absolute atomic E-state index is 0.145. The molecule has 0 saturated heterocycles. The summed E-state index contributed by atoms with van der Waals surface area (Å²) in [6, 6.07) is 10.2. The number of fused-ring (bicyclic) bond motifs is 1. The van der Waals surface area contributed by atoms with Gasteiger partial charge in [0.1, 0.15) is 11.3 Å². The molecule has 3 aromatic rings. The zero-order valence-corrected chi connectivity index (χ0v) is 13.9. The summed E-state index contributed by atoms with van der Waals surface area (Å²) in [5, 5.41) is 14.0. The molecule has 1 heterocycles. The van der Waals surface area contributed by atoms with Crippen LogP contribution >= 0.6 is 0 Å². The van der Waals surface area contributed by atoms with Gasteiger partial charge in [-0.15, -0.1) is 0 Å². The number of anilines is 1. The minimum Gasteiger partial charge on any atom is -0.423 e. The Hall–Kier alpha value is -3.68. The molecule has 0 bridgehead atoms. The first-order chi connectivity index (χ1) is 12.3. The van der Waals surface area contributed by atoms with Gasteiger partial charge in [0, 0.05) is 29.7 Å². The fraction of sp³-hybridized carbons (Fsp3) is 0.111. The maximum atomic E-state index is 12.1. The number of aryl methyl sites for hydroxylation is 2. The van der Waals surface area contributed by atoms with E-state index in [2.05, 4.69) is 5.32 Å². The van der Waals surface area contributed by atoms with E-state index in [1.807, 2.05) is 0 Å². The molecule has 0 fully saturated rings. The minimum atomic E-state index is -0.817. The normalized spacial score (nSPS) is 10.5. The molecule has 0 atom stereocenters. The molecule has 3 rings (SSSR count). The molecule has 0 spiro atoms. The number of rotatable bonds is 3. The van der Waals surface area contributed by atoms with Crippen LogP contribution in [0.3, 0.4) is 0 Å². The predicted molar refractivity (Wildman–Crippen MR) is 94.7 cm³/mol. The van der Waals surface area contributed by atoms with Crippen LogP contribution in [-0.4, -0.2) is 11.0 Å². The molecule has 1 N–H and O–H groups in total. The number of nitrogens with zero attached hydrogens (tertiary/aromatic N) is 1. The van der Waals surface area contributed by atoms with Crippen molar-refractivity contribution in [2.75, 3.05) is 5.32 Å². The van der Waals surface area contributed by atoms with E-state index in [-0.39, 0.29) is 17.1 Å². The Kier molecular flexibility index (Phi) is 4.40. The van der Waals surface area contributed by atoms with Crippen molar-refractivity contribution < 1.29 is 18.9 Å². The number of carbonyl (C=O) groups is 1. The Bertz CT molecular complexity index is 1090. The monoisotopic (exact) mass is 354 g/mol. The highest BCUT2D eigenvalue weighted by Crippen LogP contribution is 2.24. The van der Waals surface area contributed by atoms with Crippen LogP contribution in [0.2, 0.25) is 0 Å². The van der Waals surface area contributed by atoms with Crippen molar-refractivity contribution in [3.05, 3.63) is 74.1 Å². The van der Waals surface area contributed by atoms with Crippen LogP contribution < -0.4 is 15.7 Å². The van der Waals surface area contributed by atoms with Gasteiger partial charge in [-0.2, -0.15) is 0 Å².